The molecule has 0 fully saturated rings. The molecule has 0 spiro atoms. The van der Waals surface area contributed by atoms with Crippen molar-refractivity contribution in [3.05, 3.63) is 57.9 Å². The zero-order valence-electron chi connectivity index (χ0n) is 10.6. The summed E-state index contributed by atoms with van der Waals surface area (Å²) in [7, 11) is 0. The summed E-state index contributed by atoms with van der Waals surface area (Å²) in [5.41, 5.74) is -0.605. The van der Waals surface area contributed by atoms with E-state index in [0.717, 1.165) is 12.1 Å². The molecular weight excluding hydrogens is 280 g/mol. The van der Waals surface area contributed by atoms with Gasteiger partial charge in [0.05, 0.1) is 11.0 Å². The summed E-state index contributed by atoms with van der Waals surface area (Å²) in [4.78, 5) is 24.8. The molecule has 1 aromatic heterocycles. The average Bonchev–Trinajstić information content (AvgIpc) is 2.46. The molecular formula is C13H10N2O6. The number of nitrogens with zero attached hydrogens (tertiary/aromatic N) is 2. The minimum Gasteiger partial charge on any atom is -0.501 e. The lowest BCUT2D eigenvalue weighted by Crippen LogP contribution is -2.02. The maximum absolute atomic E-state index is 11.0. The predicted octanol–water partition coefficient (Wildman–Crippen LogP) is 1.97. The maximum Gasteiger partial charge on any atom is 0.339 e. The summed E-state index contributed by atoms with van der Waals surface area (Å²) < 4.78 is 5.31. The fraction of sp³-hybridized carbons (Fsp3) is 0.0769. The molecule has 0 aliphatic heterocycles. The number of aromatic nitrogens is 1. The monoisotopic (exact) mass is 290 g/mol. The van der Waals surface area contributed by atoms with Crippen LogP contribution in [0.4, 0.5) is 5.69 Å². The molecule has 8 nitrogen and oxygen atoms in total. The third kappa shape index (κ3) is 3.24. The second-order valence-corrected chi connectivity index (χ2v) is 4.05. The molecule has 2 N–H and O–H groups in total. The number of carboxylic acids is 1. The molecule has 0 saturated carbocycles. The minimum absolute atomic E-state index is 0.0271. The van der Waals surface area contributed by atoms with Gasteiger partial charge in [0.25, 0.3) is 0 Å². The van der Waals surface area contributed by atoms with Gasteiger partial charge >= 0.3 is 11.7 Å². The molecule has 1 aromatic carbocycles. The summed E-state index contributed by atoms with van der Waals surface area (Å²) in [5.74, 6) is -2.41. The number of nitro groups is 1. The molecule has 108 valence electrons. The van der Waals surface area contributed by atoms with Crippen molar-refractivity contribution in [3.8, 4) is 11.5 Å². The molecule has 8 heteroatoms. The topological polar surface area (TPSA) is 123 Å². The highest BCUT2D eigenvalue weighted by molar-refractivity contribution is 5.93. The molecule has 1 heterocycles. The number of hydrogen-bond acceptors (Lipinski definition) is 6. The van der Waals surface area contributed by atoms with E-state index in [0.29, 0.717) is 5.56 Å². The Balaban J connectivity index is 2.31. The Hall–Kier alpha value is -3.16. The van der Waals surface area contributed by atoms with Gasteiger partial charge in [0.15, 0.2) is 0 Å². The second-order valence-electron chi connectivity index (χ2n) is 4.05. The van der Waals surface area contributed by atoms with Crippen molar-refractivity contribution in [3.63, 3.8) is 0 Å². The number of carbonyl (C=O) groups is 1. The number of rotatable bonds is 5. The zero-order chi connectivity index (χ0) is 15.4. The molecule has 0 unspecified atom stereocenters. The molecule has 0 aliphatic carbocycles. The largest absolute Gasteiger partial charge is 0.501 e. The van der Waals surface area contributed by atoms with Crippen LogP contribution in [0.5, 0.6) is 11.5 Å². The predicted molar refractivity (Wildman–Crippen MR) is 70.3 cm³/mol. The van der Waals surface area contributed by atoms with E-state index in [2.05, 4.69) is 4.98 Å². The van der Waals surface area contributed by atoms with Gasteiger partial charge in [-0.2, -0.15) is 0 Å². The minimum atomic E-state index is -1.48. The lowest BCUT2D eigenvalue weighted by atomic mass is 10.1. The van der Waals surface area contributed by atoms with Gasteiger partial charge in [-0.3, -0.25) is 15.1 Å². The Kier molecular flexibility index (Phi) is 3.98. The highest BCUT2D eigenvalue weighted by Crippen LogP contribution is 2.34. The Labute approximate surface area is 118 Å². The van der Waals surface area contributed by atoms with Crippen LogP contribution in [-0.4, -0.2) is 26.1 Å². The third-order valence-electron chi connectivity index (χ3n) is 2.62. The SMILES string of the molecule is O=C(O)c1cc(OCc2cccnc2)cc([N+](=O)[O-])c1O. The quantitative estimate of drug-likeness (QED) is 0.637. The smallest absolute Gasteiger partial charge is 0.339 e. The van der Waals surface area contributed by atoms with Gasteiger partial charge in [-0.1, -0.05) is 6.07 Å². The van der Waals surface area contributed by atoms with Crippen molar-refractivity contribution in [2.75, 3.05) is 0 Å². The molecule has 21 heavy (non-hydrogen) atoms. The first-order valence-electron chi connectivity index (χ1n) is 5.75. The zero-order valence-corrected chi connectivity index (χ0v) is 10.6. The summed E-state index contributed by atoms with van der Waals surface area (Å²) in [6.07, 6.45) is 3.13. The second kappa shape index (κ2) is 5.87. The lowest BCUT2D eigenvalue weighted by Gasteiger charge is -2.08. The van der Waals surface area contributed by atoms with E-state index in [9.17, 15) is 20.0 Å². The number of carboxylic acid groups (broad SMARTS) is 1. The van der Waals surface area contributed by atoms with E-state index < -0.39 is 27.9 Å². The Morgan fingerprint density at radius 1 is 1.43 bits per heavy atom. The molecule has 0 radical (unpaired) electrons. The van der Waals surface area contributed by atoms with Gasteiger partial charge in [0, 0.05) is 18.0 Å². The molecule has 0 bridgehead atoms. The van der Waals surface area contributed by atoms with Crippen LogP contribution in [0.3, 0.4) is 0 Å². The van der Waals surface area contributed by atoms with Crippen LogP contribution in [-0.2, 0) is 6.61 Å². The summed E-state index contributed by atoms with van der Waals surface area (Å²) in [6.45, 7) is 0.0643. The Morgan fingerprint density at radius 2 is 2.19 bits per heavy atom. The van der Waals surface area contributed by atoms with E-state index in [4.69, 9.17) is 9.84 Å². The number of aromatic carboxylic acids is 1. The van der Waals surface area contributed by atoms with Crippen molar-refractivity contribution < 1.29 is 24.7 Å². The number of pyridine rings is 1. The molecule has 0 aliphatic rings. The number of nitro benzene ring substituents is 1. The molecule has 0 atom stereocenters. The average molecular weight is 290 g/mol. The van der Waals surface area contributed by atoms with Gasteiger partial charge < -0.3 is 14.9 Å². The first-order valence-corrected chi connectivity index (χ1v) is 5.75. The first-order chi connectivity index (χ1) is 9.99. The fourth-order valence-electron chi connectivity index (χ4n) is 1.63. The van der Waals surface area contributed by atoms with E-state index >= 15 is 0 Å². The Bertz CT molecular complexity index is 651. The van der Waals surface area contributed by atoms with Crippen molar-refractivity contribution in [2.45, 2.75) is 6.61 Å². The Morgan fingerprint density at radius 3 is 2.76 bits per heavy atom. The van der Waals surface area contributed by atoms with Crippen molar-refractivity contribution in [1.29, 1.82) is 0 Å². The number of benzene rings is 1. The summed E-state index contributed by atoms with van der Waals surface area (Å²) in [6, 6.07) is 5.43. The highest BCUT2D eigenvalue weighted by atomic mass is 16.6. The number of ether oxygens (including phenoxy) is 1. The lowest BCUT2D eigenvalue weighted by molar-refractivity contribution is -0.386. The van der Waals surface area contributed by atoms with Crippen LogP contribution in [0.2, 0.25) is 0 Å². The normalized spacial score (nSPS) is 10.1. The van der Waals surface area contributed by atoms with Crippen molar-refractivity contribution in [2.24, 2.45) is 0 Å². The number of aromatic hydroxyl groups is 1. The van der Waals surface area contributed by atoms with Crippen LogP contribution >= 0.6 is 0 Å². The van der Waals surface area contributed by atoms with Gasteiger partial charge in [0.1, 0.15) is 17.9 Å². The van der Waals surface area contributed by atoms with Gasteiger partial charge in [0.2, 0.25) is 5.75 Å². The van der Waals surface area contributed by atoms with Gasteiger partial charge in [-0.15, -0.1) is 0 Å². The molecule has 2 aromatic rings. The molecule has 0 amide bonds. The maximum atomic E-state index is 11.0. The van der Waals surface area contributed by atoms with E-state index in [1.54, 1.807) is 24.5 Å². The fourth-order valence-corrected chi connectivity index (χ4v) is 1.63. The summed E-state index contributed by atoms with van der Waals surface area (Å²) in [5, 5.41) is 29.3. The van der Waals surface area contributed by atoms with Crippen LogP contribution in [0.1, 0.15) is 15.9 Å². The van der Waals surface area contributed by atoms with Gasteiger partial charge in [-0.25, -0.2) is 4.79 Å². The van der Waals surface area contributed by atoms with Crippen molar-refractivity contribution >= 4 is 11.7 Å². The first kappa shape index (κ1) is 14.3. The van der Waals surface area contributed by atoms with Crippen LogP contribution < -0.4 is 4.74 Å². The number of hydrogen-bond donors (Lipinski definition) is 2. The standard InChI is InChI=1S/C13H10N2O6/c16-12-10(13(17)18)4-9(5-11(12)15(19)20)21-7-8-2-1-3-14-6-8/h1-6,16H,7H2,(H,17,18). The molecule has 0 saturated heterocycles. The van der Waals surface area contributed by atoms with Crippen LogP contribution in [0.15, 0.2) is 36.7 Å². The highest BCUT2D eigenvalue weighted by Gasteiger charge is 2.23. The van der Waals surface area contributed by atoms with Crippen LogP contribution in [0, 0.1) is 10.1 Å². The summed E-state index contributed by atoms with van der Waals surface area (Å²) >= 11 is 0. The van der Waals surface area contributed by atoms with E-state index in [1.165, 1.54) is 0 Å². The third-order valence-corrected chi connectivity index (χ3v) is 2.62. The number of phenols is 1. The van der Waals surface area contributed by atoms with Crippen molar-refractivity contribution in [1.82, 2.24) is 4.98 Å². The van der Waals surface area contributed by atoms with E-state index in [1.807, 2.05) is 0 Å². The van der Waals surface area contributed by atoms with Gasteiger partial charge in [-0.05, 0) is 12.1 Å². The van der Waals surface area contributed by atoms with E-state index in [-0.39, 0.29) is 12.4 Å². The van der Waals surface area contributed by atoms with Crippen LogP contribution in [0.25, 0.3) is 0 Å². The molecule has 2 rings (SSSR count).